The normalized spacial score (nSPS) is 21.3. The average Bonchev–Trinajstić information content (AvgIpc) is 3.05. The summed E-state index contributed by atoms with van der Waals surface area (Å²) in [6, 6.07) is 9.48. The predicted molar refractivity (Wildman–Crippen MR) is 123 cm³/mol. The van der Waals surface area contributed by atoms with Crippen LogP contribution in [-0.2, 0) is 22.6 Å². The van der Waals surface area contributed by atoms with Crippen LogP contribution < -0.4 is 5.32 Å². The molecule has 2 aliphatic rings. The Balaban J connectivity index is 1.68. The first-order chi connectivity index (χ1) is 15.8. The zero-order valence-electron chi connectivity index (χ0n) is 19.6. The maximum Gasteiger partial charge on any atom is 0.358 e. The number of amides is 2. The molecule has 33 heavy (non-hydrogen) atoms. The highest BCUT2D eigenvalue weighted by Crippen LogP contribution is 2.30. The third-order valence-electron chi connectivity index (χ3n) is 6.83. The number of aromatic nitrogens is 2. The average molecular weight is 453 g/mol. The van der Waals surface area contributed by atoms with Gasteiger partial charge in [0.05, 0.1) is 13.7 Å². The van der Waals surface area contributed by atoms with Gasteiger partial charge < -0.3 is 15.0 Å². The molecular weight excluding hydrogens is 420 g/mol. The van der Waals surface area contributed by atoms with Crippen LogP contribution in [0.5, 0.6) is 0 Å². The molecule has 2 heterocycles. The standard InChI is InChI=1S/C25H32N4O4/c1-17-10-12-18(13-11-17)15-28-22(30)21-14-20(23(31)33-3)27-29(21)16-25(28,2)24(32)26-19-8-6-4-5-7-9-19/h10-14,19H,4-9,15-16H2,1-3H3,(H,26,32)/t25-/m0/s1. The van der Waals surface area contributed by atoms with Gasteiger partial charge in [-0.05, 0) is 32.3 Å². The van der Waals surface area contributed by atoms with Gasteiger partial charge in [-0.2, -0.15) is 5.10 Å². The fourth-order valence-corrected chi connectivity index (χ4v) is 4.73. The van der Waals surface area contributed by atoms with Crippen LogP contribution in [0.15, 0.2) is 30.3 Å². The van der Waals surface area contributed by atoms with Crippen molar-refractivity contribution in [3.63, 3.8) is 0 Å². The highest BCUT2D eigenvalue weighted by molar-refractivity contribution is 6.01. The summed E-state index contributed by atoms with van der Waals surface area (Å²) in [7, 11) is 1.27. The maximum absolute atomic E-state index is 13.7. The van der Waals surface area contributed by atoms with Crippen LogP contribution in [0.1, 0.15) is 77.6 Å². The number of nitrogens with one attached hydrogen (secondary N) is 1. The lowest BCUT2D eigenvalue weighted by atomic mass is 9.93. The molecule has 1 saturated carbocycles. The quantitative estimate of drug-likeness (QED) is 0.555. The van der Waals surface area contributed by atoms with Crippen LogP contribution in [-0.4, -0.2) is 51.2 Å². The molecule has 0 spiro atoms. The van der Waals surface area contributed by atoms with E-state index in [9.17, 15) is 14.4 Å². The molecule has 2 amide bonds. The highest BCUT2D eigenvalue weighted by atomic mass is 16.5. The van der Waals surface area contributed by atoms with Gasteiger partial charge in [0.1, 0.15) is 11.2 Å². The van der Waals surface area contributed by atoms with Crippen LogP contribution in [0, 0.1) is 6.92 Å². The molecule has 1 aromatic heterocycles. The number of nitrogens with zero attached hydrogens (tertiary/aromatic N) is 3. The van der Waals surface area contributed by atoms with Crippen molar-refractivity contribution < 1.29 is 19.1 Å². The Bertz CT molecular complexity index is 1040. The number of esters is 1. The molecule has 1 fully saturated rings. The lowest BCUT2D eigenvalue weighted by Crippen LogP contribution is -2.64. The molecule has 1 aliphatic heterocycles. The van der Waals surface area contributed by atoms with Gasteiger partial charge in [0.15, 0.2) is 5.69 Å². The number of rotatable bonds is 5. The zero-order valence-corrected chi connectivity index (χ0v) is 19.6. The van der Waals surface area contributed by atoms with E-state index in [0.29, 0.717) is 0 Å². The van der Waals surface area contributed by atoms with Crippen molar-refractivity contribution in [3.05, 3.63) is 52.8 Å². The van der Waals surface area contributed by atoms with E-state index in [1.165, 1.54) is 30.7 Å². The number of hydrogen-bond donors (Lipinski definition) is 1. The van der Waals surface area contributed by atoms with E-state index < -0.39 is 11.5 Å². The van der Waals surface area contributed by atoms with E-state index in [1.54, 1.807) is 11.8 Å². The first-order valence-corrected chi connectivity index (χ1v) is 11.7. The Morgan fingerprint density at radius 1 is 1.15 bits per heavy atom. The molecule has 176 valence electrons. The van der Waals surface area contributed by atoms with Gasteiger partial charge in [-0.25, -0.2) is 4.79 Å². The Morgan fingerprint density at radius 3 is 2.45 bits per heavy atom. The molecular formula is C25H32N4O4. The van der Waals surface area contributed by atoms with Gasteiger partial charge in [-0.15, -0.1) is 0 Å². The van der Waals surface area contributed by atoms with E-state index in [0.717, 1.165) is 36.8 Å². The molecule has 0 bridgehead atoms. The third kappa shape index (κ3) is 4.65. The monoisotopic (exact) mass is 452 g/mol. The van der Waals surface area contributed by atoms with Crippen molar-refractivity contribution in [3.8, 4) is 0 Å². The molecule has 2 aromatic rings. The number of aryl methyl sites for hydroxylation is 1. The number of ether oxygens (including phenoxy) is 1. The summed E-state index contributed by atoms with van der Waals surface area (Å²) in [4.78, 5) is 40.9. The van der Waals surface area contributed by atoms with Gasteiger partial charge in [0.25, 0.3) is 5.91 Å². The van der Waals surface area contributed by atoms with Crippen molar-refractivity contribution in [2.24, 2.45) is 0 Å². The fourth-order valence-electron chi connectivity index (χ4n) is 4.73. The molecule has 8 nitrogen and oxygen atoms in total. The molecule has 4 rings (SSSR count). The lowest BCUT2D eigenvalue weighted by Gasteiger charge is -2.44. The van der Waals surface area contributed by atoms with E-state index in [4.69, 9.17) is 4.74 Å². The number of fused-ring (bicyclic) bond motifs is 1. The van der Waals surface area contributed by atoms with Gasteiger partial charge in [-0.3, -0.25) is 14.3 Å². The molecule has 1 N–H and O–H groups in total. The van der Waals surface area contributed by atoms with E-state index in [1.807, 2.05) is 31.2 Å². The number of hydrogen-bond acceptors (Lipinski definition) is 5. The van der Waals surface area contributed by atoms with Crippen LogP contribution in [0.3, 0.4) is 0 Å². The number of carbonyl (C=O) groups is 3. The van der Waals surface area contributed by atoms with Gasteiger partial charge in [-0.1, -0.05) is 55.5 Å². The molecule has 8 heteroatoms. The second-order valence-corrected chi connectivity index (χ2v) is 9.38. The Labute approximate surface area is 194 Å². The smallest absolute Gasteiger partial charge is 0.358 e. The van der Waals surface area contributed by atoms with Crippen molar-refractivity contribution in [1.82, 2.24) is 20.0 Å². The van der Waals surface area contributed by atoms with E-state index >= 15 is 0 Å². The molecule has 0 radical (unpaired) electrons. The zero-order chi connectivity index (χ0) is 23.6. The van der Waals surface area contributed by atoms with Gasteiger partial charge >= 0.3 is 5.97 Å². The molecule has 1 aliphatic carbocycles. The topological polar surface area (TPSA) is 93.5 Å². The van der Waals surface area contributed by atoms with Crippen LogP contribution in [0.2, 0.25) is 0 Å². The maximum atomic E-state index is 13.7. The Hall–Kier alpha value is -3.16. The minimum absolute atomic E-state index is 0.0598. The Kier molecular flexibility index (Phi) is 6.54. The SMILES string of the molecule is COC(=O)c1cc2n(n1)C[C@@](C)(C(=O)NC1CCCCCC1)N(Cc1ccc(C)cc1)C2=O. The summed E-state index contributed by atoms with van der Waals surface area (Å²) in [5, 5.41) is 7.50. The van der Waals surface area contributed by atoms with Crippen molar-refractivity contribution in [2.75, 3.05) is 7.11 Å². The summed E-state index contributed by atoms with van der Waals surface area (Å²) < 4.78 is 6.24. The predicted octanol–water partition coefficient (Wildman–Crippen LogP) is 3.23. The summed E-state index contributed by atoms with van der Waals surface area (Å²) in [6.07, 6.45) is 6.47. The first-order valence-electron chi connectivity index (χ1n) is 11.7. The summed E-state index contributed by atoms with van der Waals surface area (Å²) in [5.74, 6) is -1.13. The van der Waals surface area contributed by atoms with Crippen LogP contribution in [0.25, 0.3) is 0 Å². The van der Waals surface area contributed by atoms with Gasteiger partial charge in [0.2, 0.25) is 5.91 Å². The largest absolute Gasteiger partial charge is 0.464 e. The first kappa shape index (κ1) is 23.0. The fraction of sp³-hybridized carbons (Fsp3) is 0.520. The molecule has 1 atom stereocenters. The van der Waals surface area contributed by atoms with E-state index in [2.05, 4.69) is 10.4 Å². The highest BCUT2D eigenvalue weighted by Gasteiger charge is 2.48. The molecule has 0 unspecified atom stereocenters. The Morgan fingerprint density at radius 2 is 1.82 bits per heavy atom. The second kappa shape index (κ2) is 9.37. The van der Waals surface area contributed by atoms with Crippen molar-refractivity contribution in [1.29, 1.82) is 0 Å². The van der Waals surface area contributed by atoms with Crippen molar-refractivity contribution in [2.45, 2.75) is 77.0 Å². The van der Waals surface area contributed by atoms with Crippen LogP contribution in [0.4, 0.5) is 0 Å². The van der Waals surface area contributed by atoms with E-state index in [-0.39, 0.29) is 42.3 Å². The second-order valence-electron chi connectivity index (χ2n) is 9.38. The summed E-state index contributed by atoms with van der Waals surface area (Å²) >= 11 is 0. The lowest BCUT2D eigenvalue weighted by molar-refractivity contribution is -0.134. The molecule has 1 aromatic carbocycles. The summed E-state index contributed by atoms with van der Waals surface area (Å²) in [6.45, 7) is 4.24. The van der Waals surface area contributed by atoms with Crippen molar-refractivity contribution >= 4 is 17.8 Å². The third-order valence-corrected chi connectivity index (χ3v) is 6.83. The minimum Gasteiger partial charge on any atom is -0.464 e. The molecule has 0 saturated heterocycles. The minimum atomic E-state index is -1.15. The summed E-state index contributed by atoms with van der Waals surface area (Å²) in [5.41, 5.74) is 1.24. The number of benzene rings is 1. The number of carbonyl (C=O) groups excluding carboxylic acids is 3. The number of methoxy groups -OCH3 is 1. The van der Waals surface area contributed by atoms with Crippen LogP contribution >= 0.6 is 0 Å². The van der Waals surface area contributed by atoms with Gasteiger partial charge in [0, 0.05) is 18.7 Å².